The second-order valence-electron chi connectivity index (χ2n) is 9.85. The summed E-state index contributed by atoms with van der Waals surface area (Å²) in [4.78, 5) is 27.9. The van der Waals surface area contributed by atoms with Crippen LogP contribution in [0.4, 0.5) is 17.6 Å². The van der Waals surface area contributed by atoms with Gasteiger partial charge in [-0.05, 0) is 75.3 Å². The first-order valence-corrected chi connectivity index (χ1v) is 11.7. The summed E-state index contributed by atoms with van der Waals surface area (Å²) < 4.78 is 53.5. The lowest BCUT2D eigenvalue weighted by atomic mass is 9.96. The average Bonchev–Trinajstić information content (AvgIpc) is 3.51. The molecule has 35 heavy (non-hydrogen) atoms. The van der Waals surface area contributed by atoms with Crippen molar-refractivity contribution in [2.75, 3.05) is 6.54 Å². The molecule has 4 rings (SSSR count). The lowest BCUT2D eigenvalue weighted by Gasteiger charge is -2.28. The van der Waals surface area contributed by atoms with E-state index in [0.717, 1.165) is 25.0 Å². The molecule has 2 aromatic carbocycles. The summed E-state index contributed by atoms with van der Waals surface area (Å²) >= 11 is 0. The van der Waals surface area contributed by atoms with Crippen molar-refractivity contribution in [1.29, 1.82) is 0 Å². The molecule has 2 aromatic rings. The zero-order valence-corrected chi connectivity index (χ0v) is 19.5. The molecule has 2 fully saturated rings. The van der Waals surface area contributed by atoms with Gasteiger partial charge in [0.2, 0.25) is 5.91 Å². The number of carbonyl (C=O) groups excluding carboxylic acids is 2. The van der Waals surface area contributed by atoms with Crippen molar-refractivity contribution in [3.63, 3.8) is 0 Å². The summed E-state index contributed by atoms with van der Waals surface area (Å²) in [5.41, 5.74) is -1.29. The number of likely N-dealkylation sites (tertiary alicyclic amines) is 1. The predicted molar refractivity (Wildman–Crippen MR) is 121 cm³/mol. The Labute approximate surface area is 201 Å². The van der Waals surface area contributed by atoms with E-state index in [1.807, 2.05) is 0 Å². The van der Waals surface area contributed by atoms with Gasteiger partial charge in [0.1, 0.15) is 11.9 Å². The molecule has 2 atom stereocenters. The molecule has 1 aliphatic carbocycles. The number of hydrogen-bond donors (Lipinski definition) is 2. The first-order chi connectivity index (χ1) is 16.4. The smallest absolute Gasteiger partial charge is 0.386 e. The lowest BCUT2D eigenvalue weighted by molar-refractivity contribution is -0.137. The Kier molecular flexibility index (Phi) is 6.66. The maximum Gasteiger partial charge on any atom is 0.416 e. The van der Waals surface area contributed by atoms with Crippen LogP contribution in [0.5, 0.6) is 0 Å². The van der Waals surface area contributed by atoms with Gasteiger partial charge in [-0.1, -0.05) is 18.2 Å². The number of nitrogens with zero attached hydrogens (tertiary/aromatic N) is 1. The molecule has 2 amide bonds. The third-order valence-electron chi connectivity index (χ3n) is 6.69. The minimum atomic E-state index is -4.66. The van der Waals surface area contributed by atoms with Gasteiger partial charge < -0.3 is 15.3 Å². The minimum absolute atomic E-state index is 0.0163. The van der Waals surface area contributed by atoms with E-state index in [1.54, 1.807) is 38.1 Å². The summed E-state index contributed by atoms with van der Waals surface area (Å²) in [6, 6.07) is 7.43. The number of nitrogens with one attached hydrogen (secondary N) is 1. The second-order valence-corrected chi connectivity index (χ2v) is 9.85. The van der Waals surface area contributed by atoms with Crippen molar-refractivity contribution in [2.24, 2.45) is 5.92 Å². The molecule has 9 heteroatoms. The Morgan fingerprint density at radius 1 is 1.06 bits per heavy atom. The Balaban J connectivity index is 1.53. The first-order valence-electron chi connectivity index (χ1n) is 11.7. The highest BCUT2D eigenvalue weighted by molar-refractivity contribution is 5.98. The van der Waals surface area contributed by atoms with Crippen LogP contribution in [0.25, 0.3) is 0 Å². The minimum Gasteiger partial charge on any atom is -0.386 e. The number of hydrogen-bond acceptors (Lipinski definition) is 3. The molecule has 5 nitrogen and oxygen atoms in total. The van der Waals surface area contributed by atoms with Crippen LogP contribution in [0.2, 0.25) is 0 Å². The molecule has 0 radical (unpaired) electrons. The fourth-order valence-electron chi connectivity index (χ4n) is 4.57. The van der Waals surface area contributed by atoms with Gasteiger partial charge in [0.25, 0.3) is 5.91 Å². The van der Waals surface area contributed by atoms with E-state index in [0.29, 0.717) is 36.6 Å². The molecule has 188 valence electrons. The highest BCUT2D eigenvalue weighted by Crippen LogP contribution is 2.43. The lowest BCUT2D eigenvalue weighted by Crippen LogP contribution is -2.47. The monoisotopic (exact) mass is 492 g/mol. The molecule has 0 bridgehead atoms. The summed E-state index contributed by atoms with van der Waals surface area (Å²) in [5.74, 6) is -1.89. The number of alkyl halides is 3. The molecule has 1 unspecified atom stereocenters. The maximum absolute atomic E-state index is 14.7. The van der Waals surface area contributed by atoms with Crippen LogP contribution in [0, 0.1) is 11.7 Å². The van der Waals surface area contributed by atoms with Crippen molar-refractivity contribution in [3.05, 3.63) is 70.5 Å². The number of amides is 2. The zero-order valence-electron chi connectivity index (χ0n) is 19.5. The third-order valence-corrected chi connectivity index (χ3v) is 6.69. The molecule has 1 saturated carbocycles. The fraction of sp³-hybridized carbons (Fsp3) is 0.462. The highest BCUT2D eigenvalue weighted by atomic mass is 19.4. The van der Waals surface area contributed by atoms with Crippen LogP contribution in [-0.4, -0.2) is 34.4 Å². The second kappa shape index (κ2) is 9.26. The van der Waals surface area contributed by atoms with E-state index in [4.69, 9.17) is 0 Å². The van der Waals surface area contributed by atoms with Crippen molar-refractivity contribution in [2.45, 2.75) is 63.4 Å². The number of carbonyl (C=O) groups is 2. The largest absolute Gasteiger partial charge is 0.416 e. The Morgan fingerprint density at radius 3 is 2.37 bits per heavy atom. The quantitative estimate of drug-likeness (QED) is 0.561. The molecule has 2 aliphatic rings. The Bertz CT molecular complexity index is 1120. The normalized spacial score (nSPS) is 19.5. The SMILES string of the molecule is CC(C)(O)c1cccc(C(=O)N2CCC[C@@H]2C(=O)NC(c2ccc(C(F)(F)F)cc2F)C2CC2)c1. The van der Waals surface area contributed by atoms with E-state index in [-0.39, 0.29) is 17.4 Å². The van der Waals surface area contributed by atoms with Gasteiger partial charge in [0, 0.05) is 17.7 Å². The number of rotatable bonds is 6. The topological polar surface area (TPSA) is 69.6 Å². The van der Waals surface area contributed by atoms with Crippen LogP contribution in [0.3, 0.4) is 0 Å². The standard InChI is InChI=1S/C26H28F4N2O3/c1-25(2,35)17-6-3-5-16(13-17)24(34)32-12-4-7-21(32)23(33)31-22(15-8-9-15)19-11-10-18(14-20(19)27)26(28,29)30/h3,5-6,10-11,13-15,21-22,35H,4,7-9,12H2,1-2H3,(H,31,33)/t21-,22?/m1/s1. The van der Waals surface area contributed by atoms with Crippen LogP contribution in [0.1, 0.15) is 72.6 Å². The van der Waals surface area contributed by atoms with Crippen LogP contribution in [0.15, 0.2) is 42.5 Å². The molecule has 0 spiro atoms. The molecule has 2 N–H and O–H groups in total. The van der Waals surface area contributed by atoms with Crippen LogP contribution >= 0.6 is 0 Å². The molecule has 1 heterocycles. The third kappa shape index (κ3) is 5.50. The van der Waals surface area contributed by atoms with Gasteiger partial charge in [0.15, 0.2) is 0 Å². The summed E-state index contributed by atoms with van der Waals surface area (Å²) in [7, 11) is 0. The molecule has 1 saturated heterocycles. The van der Waals surface area contributed by atoms with Gasteiger partial charge in [-0.2, -0.15) is 13.2 Å². The Morgan fingerprint density at radius 2 is 1.77 bits per heavy atom. The molecule has 1 aliphatic heterocycles. The maximum atomic E-state index is 14.7. The van der Waals surface area contributed by atoms with E-state index in [1.165, 1.54) is 4.90 Å². The number of aliphatic hydroxyl groups is 1. The van der Waals surface area contributed by atoms with Crippen molar-refractivity contribution in [3.8, 4) is 0 Å². The van der Waals surface area contributed by atoms with Gasteiger partial charge in [-0.15, -0.1) is 0 Å². The molecule has 0 aromatic heterocycles. The molecular weight excluding hydrogens is 464 g/mol. The summed E-state index contributed by atoms with van der Waals surface area (Å²) in [5, 5.41) is 13.1. The molecular formula is C26H28F4N2O3. The number of benzene rings is 2. The van der Waals surface area contributed by atoms with Crippen LogP contribution in [-0.2, 0) is 16.6 Å². The summed E-state index contributed by atoms with van der Waals surface area (Å²) in [6.07, 6.45) is -2.18. The Hall–Kier alpha value is -2.94. The van der Waals surface area contributed by atoms with Crippen LogP contribution < -0.4 is 5.32 Å². The fourth-order valence-corrected chi connectivity index (χ4v) is 4.57. The van der Waals surface area contributed by atoms with E-state index < -0.39 is 41.1 Å². The van der Waals surface area contributed by atoms with Crippen molar-refractivity contribution in [1.82, 2.24) is 10.2 Å². The average molecular weight is 493 g/mol. The zero-order chi connectivity index (χ0) is 25.5. The number of halogens is 4. The van der Waals surface area contributed by atoms with E-state index in [2.05, 4.69) is 5.32 Å². The predicted octanol–water partition coefficient (Wildman–Crippen LogP) is 4.94. The van der Waals surface area contributed by atoms with E-state index >= 15 is 0 Å². The highest BCUT2D eigenvalue weighted by Gasteiger charge is 2.40. The first kappa shape index (κ1) is 25.2. The van der Waals surface area contributed by atoms with Gasteiger partial charge in [0.05, 0.1) is 17.2 Å². The van der Waals surface area contributed by atoms with Gasteiger partial charge in [-0.3, -0.25) is 9.59 Å². The van der Waals surface area contributed by atoms with Crippen molar-refractivity contribution < 1.29 is 32.3 Å². The van der Waals surface area contributed by atoms with Gasteiger partial charge >= 0.3 is 6.18 Å². The van der Waals surface area contributed by atoms with Crippen molar-refractivity contribution >= 4 is 11.8 Å². The van der Waals surface area contributed by atoms with E-state index in [9.17, 15) is 32.3 Å². The summed E-state index contributed by atoms with van der Waals surface area (Å²) in [6.45, 7) is 3.59. The van der Waals surface area contributed by atoms with Gasteiger partial charge in [-0.25, -0.2) is 4.39 Å².